The predicted octanol–water partition coefficient (Wildman–Crippen LogP) is 5.79. The Kier molecular flexibility index (Phi) is 10.3. The van der Waals surface area contributed by atoms with Gasteiger partial charge in [-0.2, -0.15) is 0 Å². The van der Waals surface area contributed by atoms with Gasteiger partial charge >= 0.3 is 5.97 Å². The molecule has 2 aliphatic heterocycles. The van der Waals surface area contributed by atoms with Gasteiger partial charge in [-0.1, -0.05) is 120 Å². The number of fused-ring (bicyclic) bond motifs is 1. The Labute approximate surface area is 293 Å². The number of hydrogen-bond donors (Lipinski definition) is 1. The summed E-state index contributed by atoms with van der Waals surface area (Å²) in [6.07, 6.45) is 0.608. The van der Waals surface area contributed by atoms with Crippen LogP contribution in [0.2, 0.25) is 0 Å². The molecule has 11 heteroatoms. The normalized spacial score (nSPS) is 17.9. The molecule has 0 aromatic heterocycles. The van der Waals surface area contributed by atoms with Crippen LogP contribution >= 0.6 is 53.8 Å². The number of halogens is 3. The fourth-order valence-corrected chi connectivity index (χ4v) is 12.1. The zero-order valence-corrected chi connectivity index (χ0v) is 29.1. The van der Waals surface area contributed by atoms with Gasteiger partial charge in [0, 0.05) is 11.3 Å². The minimum Gasteiger partial charge on any atom is -0.456 e. The summed E-state index contributed by atoms with van der Waals surface area (Å²) >= 11 is 19.4. The molecule has 2 aliphatic rings. The zero-order chi connectivity index (χ0) is 33.0. The lowest BCUT2D eigenvalue weighted by Gasteiger charge is -2.50. The van der Waals surface area contributed by atoms with E-state index in [0.717, 1.165) is 27.1 Å². The third-order valence-corrected chi connectivity index (χ3v) is 14.2. The highest BCUT2D eigenvalue weighted by atomic mass is 35.6. The van der Waals surface area contributed by atoms with Gasteiger partial charge < -0.3 is 10.1 Å². The van der Waals surface area contributed by atoms with Gasteiger partial charge in [0.15, 0.2) is 0 Å². The number of nitrogens with zero attached hydrogens (tertiary/aromatic N) is 1. The van der Waals surface area contributed by atoms with Crippen LogP contribution in [0.4, 0.5) is 0 Å². The largest absolute Gasteiger partial charge is 0.456 e. The molecular formula is C36H31Cl3N2O4PS+. The van der Waals surface area contributed by atoms with Crippen molar-refractivity contribution < 1.29 is 19.1 Å². The summed E-state index contributed by atoms with van der Waals surface area (Å²) in [4.78, 5) is 42.1. The summed E-state index contributed by atoms with van der Waals surface area (Å²) in [6, 6.07) is 39.4. The third kappa shape index (κ3) is 7.25. The number of benzene rings is 4. The van der Waals surface area contributed by atoms with Crippen molar-refractivity contribution in [2.45, 2.75) is 21.6 Å². The molecule has 0 unspecified atom stereocenters. The SMILES string of the molecule is O=C(Cc1ccccc1)N[C@@H]1C(=O)N2C(C(=O)OCC(Cl)(Cl)Cl)=C(C[P+](c3ccccc3)(c3ccccc3)c3ccccc3)CS[C@H]12. The first-order valence-electron chi connectivity index (χ1n) is 15.0. The van der Waals surface area contributed by atoms with E-state index in [-0.39, 0.29) is 23.9 Å². The van der Waals surface area contributed by atoms with E-state index in [1.807, 2.05) is 84.9 Å². The number of hydrogen-bond acceptors (Lipinski definition) is 5. The number of rotatable bonds is 10. The number of alkyl halides is 3. The van der Waals surface area contributed by atoms with Crippen molar-refractivity contribution in [3.05, 3.63) is 138 Å². The molecule has 0 saturated carbocycles. The van der Waals surface area contributed by atoms with Crippen molar-refractivity contribution in [1.29, 1.82) is 0 Å². The molecule has 4 aromatic carbocycles. The second-order valence-corrected chi connectivity index (χ2v) is 18.3. The van der Waals surface area contributed by atoms with E-state index in [2.05, 4.69) is 41.7 Å². The van der Waals surface area contributed by atoms with E-state index in [1.165, 1.54) is 16.7 Å². The first-order chi connectivity index (χ1) is 22.7. The number of esters is 1. The summed E-state index contributed by atoms with van der Waals surface area (Å²) in [6.45, 7) is -0.485. The molecule has 47 heavy (non-hydrogen) atoms. The molecule has 2 atom stereocenters. The van der Waals surface area contributed by atoms with E-state index in [9.17, 15) is 14.4 Å². The van der Waals surface area contributed by atoms with E-state index in [0.29, 0.717) is 11.9 Å². The Bertz CT molecular complexity index is 1680. The molecule has 1 N–H and O–H groups in total. The van der Waals surface area contributed by atoms with Gasteiger partial charge in [-0.3, -0.25) is 14.5 Å². The number of β-lactam (4-membered cyclic amide) rings is 1. The summed E-state index contributed by atoms with van der Waals surface area (Å²) < 4.78 is 3.70. The van der Waals surface area contributed by atoms with Crippen molar-refractivity contribution in [3.8, 4) is 0 Å². The van der Waals surface area contributed by atoms with Crippen LogP contribution in [0.5, 0.6) is 0 Å². The van der Waals surface area contributed by atoms with Gasteiger partial charge in [0.25, 0.3) is 5.91 Å². The van der Waals surface area contributed by atoms with Crippen molar-refractivity contribution in [2.24, 2.45) is 0 Å². The molecule has 6 nitrogen and oxygen atoms in total. The van der Waals surface area contributed by atoms with Gasteiger partial charge in [0.1, 0.15) is 46.9 Å². The first kappa shape index (κ1) is 33.6. The lowest BCUT2D eigenvalue weighted by molar-refractivity contribution is -0.152. The molecule has 1 saturated heterocycles. The van der Waals surface area contributed by atoms with Crippen molar-refractivity contribution >= 4 is 87.5 Å². The maximum absolute atomic E-state index is 13.9. The molecular weight excluding hydrogens is 694 g/mol. The third-order valence-electron chi connectivity index (χ3n) is 8.15. The molecule has 0 bridgehead atoms. The second-order valence-electron chi connectivity index (χ2n) is 11.2. The molecule has 0 spiro atoms. The standard InChI is InChI=1S/C36H30Cl3N2O4PS/c37-36(38,39)24-45-35(44)32-26(23-47-34-31(33(43)41(32)34)40-30(42)21-25-13-5-1-6-14-25)22-46(27-15-7-2-8-16-27,28-17-9-3-10-18-28)29-19-11-4-12-20-29/h1-20,31,34H,21-24H2/p+1/t31-,34-/m1/s1. The Balaban J connectivity index is 1.41. The lowest BCUT2D eigenvalue weighted by atomic mass is 10.0. The summed E-state index contributed by atoms with van der Waals surface area (Å²) in [5.74, 6) is -0.963. The number of nitrogens with one attached hydrogen (secondary N) is 1. The monoisotopic (exact) mass is 723 g/mol. The van der Waals surface area contributed by atoms with Crippen LogP contribution in [-0.2, 0) is 25.5 Å². The fraction of sp³-hybridized carbons (Fsp3) is 0.194. The predicted molar refractivity (Wildman–Crippen MR) is 193 cm³/mol. The Morgan fingerprint density at radius 2 is 1.30 bits per heavy atom. The molecule has 2 amide bonds. The Hall–Kier alpha value is -3.32. The van der Waals surface area contributed by atoms with Crippen LogP contribution in [0, 0.1) is 0 Å². The highest BCUT2D eigenvalue weighted by Crippen LogP contribution is 2.58. The lowest BCUT2D eigenvalue weighted by Crippen LogP contribution is -2.70. The van der Waals surface area contributed by atoms with E-state index in [1.54, 1.807) is 0 Å². The molecule has 2 heterocycles. The van der Waals surface area contributed by atoms with Crippen molar-refractivity contribution in [1.82, 2.24) is 10.2 Å². The van der Waals surface area contributed by atoms with Crippen molar-refractivity contribution in [3.63, 3.8) is 0 Å². The number of carbonyl (C=O) groups excluding carboxylic acids is 3. The summed E-state index contributed by atoms with van der Waals surface area (Å²) in [5.41, 5.74) is 1.74. The highest BCUT2D eigenvalue weighted by Gasteiger charge is 2.56. The van der Waals surface area contributed by atoms with Crippen LogP contribution in [0.1, 0.15) is 5.56 Å². The van der Waals surface area contributed by atoms with Gasteiger partial charge in [-0.15, -0.1) is 11.8 Å². The molecule has 0 radical (unpaired) electrons. The average Bonchev–Trinajstić information content (AvgIpc) is 3.09. The Morgan fingerprint density at radius 1 is 0.809 bits per heavy atom. The minimum atomic E-state index is -2.43. The number of carbonyl (C=O) groups is 3. The maximum Gasteiger partial charge on any atom is 0.355 e. The maximum atomic E-state index is 13.9. The van der Waals surface area contributed by atoms with Crippen LogP contribution in [-0.4, -0.2) is 56.4 Å². The molecule has 0 aliphatic carbocycles. The Morgan fingerprint density at radius 3 is 1.79 bits per heavy atom. The molecule has 1 fully saturated rings. The van der Waals surface area contributed by atoms with Gasteiger partial charge in [0.2, 0.25) is 9.70 Å². The molecule has 4 aromatic rings. The van der Waals surface area contributed by atoms with Gasteiger partial charge in [-0.25, -0.2) is 4.79 Å². The van der Waals surface area contributed by atoms with E-state index < -0.39 is 35.0 Å². The second kappa shape index (κ2) is 14.4. The highest BCUT2D eigenvalue weighted by molar-refractivity contribution is 8.00. The fourth-order valence-electron chi connectivity index (χ4n) is 6.07. The quantitative estimate of drug-likeness (QED) is 0.0971. The zero-order valence-electron chi connectivity index (χ0n) is 25.1. The number of thioether (sulfide) groups is 1. The number of amides is 2. The van der Waals surface area contributed by atoms with Crippen LogP contribution < -0.4 is 21.2 Å². The molecule has 240 valence electrons. The van der Waals surface area contributed by atoms with Gasteiger partial charge in [0.05, 0.1) is 12.6 Å². The minimum absolute atomic E-state index is 0.138. The summed E-state index contributed by atoms with van der Waals surface area (Å²) in [7, 11) is -2.43. The topological polar surface area (TPSA) is 75.7 Å². The smallest absolute Gasteiger partial charge is 0.355 e. The molecule has 6 rings (SSSR count). The van der Waals surface area contributed by atoms with Crippen LogP contribution in [0.15, 0.2) is 133 Å². The average molecular weight is 725 g/mol. The van der Waals surface area contributed by atoms with Crippen molar-refractivity contribution in [2.75, 3.05) is 18.5 Å². The van der Waals surface area contributed by atoms with Crippen LogP contribution in [0.3, 0.4) is 0 Å². The van der Waals surface area contributed by atoms with E-state index in [4.69, 9.17) is 39.5 Å². The first-order valence-corrected chi connectivity index (χ1v) is 19.1. The van der Waals surface area contributed by atoms with Gasteiger partial charge in [-0.05, 0) is 42.0 Å². The van der Waals surface area contributed by atoms with Crippen LogP contribution in [0.25, 0.3) is 0 Å². The summed E-state index contributed by atoms with van der Waals surface area (Å²) in [5, 5.41) is 5.80. The number of ether oxygens (including phenoxy) is 1. The van der Waals surface area contributed by atoms with E-state index >= 15 is 0 Å².